The van der Waals surface area contributed by atoms with E-state index >= 15 is 0 Å². The maximum Gasteiger partial charge on any atom is 0.267 e. The van der Waals surface area contributed by atoms with Crippen molar-refractivity contribution in [2.75, 3.05) is 0 Å². The zero-order valence-corrected chi connectivity index (χ0v) is 19.0. The van der Waals surface area contributed by atoms with Crippen LogP contribution in [0.15, 0.2) is 88.9 Å². The molecule has 0 fully saturated rings. The fourth-order valence-electron chi connectivity index (χ4n) is 4.26. The maximum atomic E-state index is 14.2. The largest absolute Gasteiger partial charge is 0.268 e. The monoisotopic (exact) mass is 467 g/mol. The molecule has 0 saturated heterocycles. The van der Waals surface area contributed by atoms with E-state index in [1.807, 2.05) is 59.9 Å². The van der Waals surface area contributed by atoms with Crippen LogP contribution in [0.25, 0.3) is 33.3 Å². The van der Waals surface area contributed by atoms with Crippen molar-refractivity contribution in [1.29, 1.82) is 0 Å². The first-order valence-corrected chi connectivity index (χ1v) is 11.7. The molecule has 6 aromatic rings. The standard InChI is InChI=1S/C26H18FN5OS/c1-16-7-2-4-10-21(16)31-24(33)19-8-3-5-11-22(19)32-25(31)29-30-26(32)34-15-17-12-13-20(27)18-9-6-14-28-23(17)18/h2-14H,15H2,1H3. The molecule has 0 saturated carbocycles. The predicted octanol–water partition coefficient (Wildman–Crippen LogP) is 5.32. The van der Waals surface area contributed by atoms with E-state index in [4.69, 9.17) is 0 Å². The summed E-state index contributed by atoms with van der Waals surface area (Å²) in [5.41, 5.74) is 3.85. The summed E-state index contributed by atoms with van der Waals surface area (Å²) in [5, 5.41) is 10.6. The van der Waals surface area contributed by atoms with Crippen molar-refractivity contribution >= 4 is 39.3 Å². The SMILES string of the molecule is Cc1ccccc1-n1c(=O)c2ccccc2n2c(SCc3ccc(F)c4cccnc34)nnc12. The van der Waals surface area contributed by atoms with Gasteiger partial charge in [0.05, 0.1) is 22.1 Å². The number of aromatic nitrogens is 5. The van der Waals surface area contributed by atoms with Crippen LogP contribution in [0, 0.1) is 12.7 Å². The summed E-state index contributed by atoms with van der Waals surface area (Å²) in [6.45, 7) is 1.96. The molecular formula is C26H18FN5OS. The molecule has 6 nitrogen and oxygen atoms in total. The van der Waals surface area contributed by atoms with Crippen molar-refractivity contribution in [3.05, 3.63) is 106 Å². The Hall–Kier alpha value is -4.04. The maximum absolute atomic E-state index is 14.2. The Bertz CT molecular complexity index is 1780. The molecule has 8 heteroatoms. The van der Waals surface area contributed by atoms with Gasteiger partial charge in [0.15, 0.2) is 5.16 Å². The number of fused-ring (bicyclic) bond motifs is 4. The minimum atomic E-state index is -0.294. The van der Waals surface area contributed by atoms with Gasteiger partial charge in [-0.05, 0) is 54.4 Å². The molecule has 0 unspecified atom stereocenters. The Kier molecular flexibility index (Phi) is 4.88. The Balaban J connectivity index is 1.54. The quantitative estimate of drug-likeness (QED) is 0.328. The third-order valence-electron chi connectivity index (χ3n) is 5.91. The average molecular weight is 468 g/mol. The van der Waals surface area contributed by atoms with Crippen molar-refractivity contribution in [2.45, 2.75) is 17.8 Å². The Morgan fingerprint density at radius 1 is 0.912 bits per heavy atom. The molecule has 0 aliphatic heterocycles. The summed E-state index contributed by atoms with van der Waals surface area (Å²) in [6, 6.07) is 21.8. The number of hydrogen-bond acceptors (Lipinski definition) is 5. The van der Waals surface area contributed by atoms with Crippen LogP contribution in [0.3, 0.4) is 0 Å². The van der Waals surface area contributed by atoms with Crippen molar-refractivity contribution < 1.29 is 4.39 Å². The third kappa shape index (κ3) is 3.18. The zero-order valence-electron chi connectivity index (χ0n) is 18.1. The first kappa shape index (κ1) is 20.6. The summed E-state index contributed by atoms with van der Waals surface area (Å²) in [6.07, 6.45) is 1.66. The molecular weight excluding hydrogens is 449 g/mol. The van der Waals surface area contributed by atoms with Gasteiger partial charge in [0.25, 0.3) is 5.56 Å². The first-order chi connectivity index (χ1) is 16.6. The molecule has 0 radical (unpaired) electrons. The average Bonchev–Trinajstić information content (AvgIpc) is 3.29. The van der Waals surface area contributed by atoms with Crippen molar-refractivity contribution in [1.82, 2.24) is 24.1 Å². The molecule has 0 bridgehead atoms. The molecule has 166 valence electrons. The van der Waals surface area contributed by atoms with Gasteiger partial charge < -0.3 is 0 Å². The molecule has 34 heavy (non-hydrogen) atoms. The van der Waals surface area contributed by atoms with Gasteiger partial charge in [-0.2, -0.15) is 0 Å². The molecule has 0 N–H and O–H groups in total. The van der Waals surface area contributed by atoms with Crippen LogP contribution >= 0.6 is 11.8 Å². The molecule has 3 aromatic carbocycles. The second kappa shape index (κ2) is 8.07. The minimum absolute atomic E-state index is 0.143. The van der Waals surface area contributed by atoms with E-state index in [1.54, 1.807) is 29.0 Å². The fourth-order valence-corrected chi connectivity index (χ4v) is 5.18. The number of benzene rings is 3. The van der Waals surface area contributed by atoms with E-state index in [-0.39, 0.29) is 11.4 Å². The predicted molar refractivity (Wildman–Crippen MR) is 132 cm³/mol. The van der Waals surface area contributed by atoms with Gasteiger partial charge in [0.1, 0.15) is 5.82 Å². The van der Waals surface area contributed by atoms with Gasteiger partial charge in [-0.1, -0.05) is 48.2 Å². The van der Waals surface area contributed by atoms with Gasteiger partial charge in [-0.25, -0.2) is 8.96 Å². The van der Waals surface area contributed by atoms with Crippen LogP contribution in [-0.4, -0.2) is 24.1 Å². The molecule has 3 aromatic heterocycles. The number of para-hydroxylation sites is 2. The number of aryl methyl sites for hydroxylation is 1. The van der Waals surface area contributed by atoms with Crippen LogP contribution in [0.4, 0.5) is 4.39 Å². The lowest BCUT2D eigenvalue weighted by Crippen LogP contribution is -2.22. The zero-order chi connectivity index (χ0) is 23.2. The van der Waals surface area contributed by atoms with E-state index in [2.05, 4.69) is 15.2 Å². The van der Waals surface area contributed by atoms with Gasteiger partial charge >= 0.3 is 0 Å². The van der Waals surface area contributed by atoms with Crippen LogP contribution in [0.1, 0.15) is 11.1 Å². The van der Waals surface area contributed by atoms with E-state index in [1.165, 1.54) is 17.8 Å². The number of thioether (sulfide) groups is 1. The summed E-state index contributed by atoms with van der Waals surface area (Å²) >= 11 is 1.47. The summed E-state index contributed by atoms with van der Waals surface area (Å²) in [7, 11) is 0. The van der Waals surface area contributed by atoms with Crippen molar-refractivity contribution in [2.24, 2.45) is 0 Å². The highest BCUT2D eigenvalue weighted by Gasteiger charge is 2.19. The lowest BCUT2D eigenvalue weighted by Gasteiger charge is -2.13. The third-order valence-corrected chi connectivity index (χ3v) is 6.89. The Morgan fingerprint density at radius 3 is 2.59 bits per heavy atom. The van der Waals surface area contributed by atoms with Gasteiger partial charge in [0, 0.05) is 17.3 Å². The van der Waals surface area contributed by atoms with E-state index in [9.17, 15) is 9.18 Å². The molecule has 0 aliphatic rings. The highest BCUT2D eigenvalue weighted by atomic mass is 32.2. The van der Waals surface area contributed by atoms with Gasteiger partial charge in [-0.3, -0.25) is 14.2 Å². The number of halogens is 1. The topological polar surface area (TPSA) is 65.1 Å². The molecule has 0 aliphatic carbocycles. The minimum Gasteiger partial charge on any atom is -0.268 e. The molecule has 0 spiro atoms. The van der Waals surface area contributed by atoms with Crippen LogP contribution in [0.5, 0.6) is 0 Å². The number of rotatable bonds is 4. The normalized spacial score (nSPS) is 11.6. The van der Waals surface area contributed by atoms with Gasteiger partial charge in [-0.15, -0.1) is 10.2 Å². The molecule has 0 atom stereocenters. The van der Waals surface area contributed by atoms with Gasteiger partial charge in [0.2, 0.25) is 5.78 Å². The Morgan fingerprint density at radius 2 is 1.71 bits per heavy atom. The fraction of sp³-hybridized carbons (Fsp3) is 0.0769. The van der Waals surface area contributed by atoms with Crippen LogP contribution in [-0.2, 0) is 5.75 Å². The number of hydrogen-bond donors (Lipinski definition) is 0. The highest BCUT2D eigenvalue weighted by molar-refractivity contribution is 7.98. The van der Waals surface area contributed by atoms with E-state index in [0.717, 1.165) is 22.3 Å². The van der Waals surface area contributed by atoms with E-state index in [0.29, 0.717) is 33.0 Å². The second-order valence-corrected chi connectivity index (χ2v) is 8.90. The lowest BCUT2D eigenvalue weighted by atomic mass is 10.1. The van der Waals surface area contributed by atoms with Crippen LogP contribution in [0.2, 0.25) is 0 Å². The first-order valence-electron chi connectivity index (χ1n) is 10.7. The summed E-state index contributed by atoms with van der Waals surface area (Å²) in [4.78, 5) is 17.9. The summed E-state index contributed by atoms with van der Waals surface area (Å²) in [5.74, 6) is 0.674. The van der Waals surface area contributed by atoms with Crippen molar-refractivity contribution in [3.63, 3.8) is 0 Å². The second-order valence-electron chi connectivity index (χ2n) is 7.96. The number of pyridine rings is 1. The summed E-state index contributed by atoms with van der Waals surface area (Å²) < 4.78 is 17.8. The molecule has 6 rings (SSSR count). The highest BCUT2D eigenvalue weighted by Crippen LogP contribution is 2.29. The van der Waals surface area contributed by atoms with E-state index < -0.39 is 0 Å². The Labute approximate surface area is 197 Å². The lowest BCUT2D eigenvalue weighted by molar-refractivity contribution is 0.639. The van der Waals surface area contributed by atoms with Crippen molar-refractivity contribution in [3.8, 4) is 5.69 Å². The molecule has 3 heterocycles. The van der Waals surface area contributed by atoms with Crippen LogP contribution < -0.4 is 5.56 Å². The smallest absolute Gasteiger partial charge is 0.267 e. The molecule has 0 amide bonds. The number of nitrogens with zero attached hydrogens (tertiary/aromatic N) is 5.